The zero-order valence-corrected chi connectivity index (χ0v) is 47.8. The molecule has 0 heterocycles. The van der Waals surface area contributed by atoms with Crippen molar-refractivity contribution >= 4 is 13.7 Å². The molecule has 0 aliphatic carbocycles. The number of amides is 1. The van der Waals surface area contributed by atoms with Crippen LogP contribution in [0.15, 0.2) is 85.1 Å². The molecule has 0 aliphatic heterocycles. The molecule has 0 spiro atoms. The molecular formula is C62H114N2O6P+. The van der Waals surface area contributed by atoms with Crippen LogP contribution in [-0.4, -0.2) is 73.4 Å². The standard InChI is InChI=1S/C62H113N2O6P/c1-6-8-10-12-14-16-18-20-22-24-25-26-27-28-29-30-31-32-33-34-35-36-37-38-39-40-42-44-46-48-50-52-54-56-62(66)63-60(59-70-71(67,68)69-58-57-64(3,4)5)61(65)55-53-51-49-47-45-43-41-23-21-19-17-15-13-11-9-7-2/h8,10,14,16,20-23,25-26,45,47,53,55,60-61,65H,6-7,9,11-13,15,17-19,24,27-44,46,48-52,54,56-59H2,1-5H3,(H-,63,66,67,68)/p+1/b10-8-,16-14-,22-20-,23-21+,26-25-,47-45+,55-53+. The number of phosphoric acid groups is 1. The van der Waals surface area contributed by atoms with E-state index in [9.17, 15) is 19.4 Å². The number of aliphatic hydroxyl groups excluding tert-OH is 1. The van der Waals surface area contributed by atoms with Crippen LogP contribution >= 0.6 is 7.82 Å². The molecule has 0 saturated heterocycles. The van der Waals surface area contributed by atoms with Crippen LogP contribution in [0.5, 0.6) is 0 Å². The molecule has 0 aliphatic rings. The first-order chi connectivity index (χ1) is 34.5. The van der Waals surface area contributed by atoms with Crippen molar-refractivity contribution in [2.45, 2.75) is 264 Å². The molecule has 1 amide bonds. The maximum Gasteiger partial charge on any atom is 0.472 e. The summed E-state index contributed by atoms with van der Waals surface area (Å²) in [4.78, 5) is 23.3. The quantitative estimate of drug-likeness (QED) is 0.0243. The lowest BCUT2D eigenvalue weighted by molar-refractivity contribution is -0.870. The monoisotopic (exact) mass is 1010 g/mol. The van der Waals surface area contributed by atoms with Gasteiger partial charge in [0.25, 0.3) is 0 Å². The first-order valence-electron chi connectivity index (χ1n) is 29.5. The van der Waals surface area contributed by atoms with Gasteiger partial charge in [0.2, 0.25) is 5.91 Å². The van der Waals surface area contributed by atoms with Crippen molar-refractivity contribution < 1.29 is 32.9 Å². The van der Waals surface area contributed by atoms with Crippen molar-refractivity contribution in [3.8, 4) is 0 Å². The second-order valence-corrected chi connectivity index (χ2v) is 22.4. The zero-order chi connectivity index (χ0) is 52.0. The minimum Gasteiger partial charge on any atom is -0.387 e. The second kappa shape index (κ2) is 52.5. The van der Waals surface area contributed by atoms with Crippen LogP contribution in [-0.2, 0) is 18.4 Å². The van der Waals surface area contributed by atoms with Gasteiger partial charge >= 0.3 is 7.82 Å². The van der Waals surface area contributed by atoms with Gasteiger partial charge in [-0.15, -0.1) is 0 Å². The van der Waals surface area contributed by atoms with E-state index in [1.165, 1.54) is 161 Å². The molecule has 3 atom stereocenters. The van der Waals surface area contributed by atoms with Crippen molar-refractivity contribution in [3.05, 3.63) is 85.1 Å². The highest BCUT2D eigenvalue weighted by atomic mass is 31.2. The Morgan fingerprint density at radius 3 is 1.30 bits per heavy atom. The highest BCUT2D eigenvalue weighted by Crippen LogP contribution is 2.43. The molecule has 8 nitrogen and oxygen atoms in total. The number of aliphatic hydroxyl groups is 1. The van der Waals surface area contributed by atoms with E-state index < -0.39 is 20.0 Å². The average molecular weight is 1010 g/mol. The predicted molar refractivity (Wildman–Crippen MR) is 309 cm³/mol. The summed E-state index contributed by atoms with van der Waals surface area (Å²) in [6.07, 6.45) is 74.1. The molecule has 3 N–H and O–H groups in total. The number of hydrogen-bond acceptors (Lipinski definition) is 5. The molecule has 412 valence electrons. The SMILES string of the molecule is CC/C=C\C/C=C\C/C=C\C/C=C\CCCCCCCCCCCCCCCCCCCCCCC(=O)NC(COP(=O)(O)OCC[N+](C)(C)C)C(O)/C=C/CC/C=C/CC/C=C/CCCCCCCC. The summed E-state index contributed by atoms with van der Waals surface area (Å²) in [6, 6.07) is -0.872. The largest absolute Gasteiger partial charge is 0.472 e. The maximum atomic E-state index is 13.0. The molecule has 71 heavy (non-hydrogen) atoms. The minimum atomic E-state index is -4.36. The van der Waals surface area contributed by atoms with E-state index in [-0.39, 0.29) is 19.1 Å². The summed E-state index contributed by atoms with van der Waals surface area (Å²) in [5.41, 5.74) is 0. The van der Waals surface area contributed by atoms with Crippen molar-refractivity contribution in [2.24, 2.45) is 0 Å². The Bertz CT molecular complexity index is 1430. The average Bonchev–Trinajstić information content (AvgIpc) is 3.33. The summed E-state index contributed by atoms with van der Waals surface area (Å²) in [7, 11) is 1.54. The fourth-order valence-corrected chi connectivity index (χ4v) is 8.98. The van der Waals surface area contributed by atoms with E-state index in [1.54, 1.807) is 6.08 Å². The van der Waals surface area contributed by atoms with Crippen LogP contribution in [0.3, 0.4) is 0 Å². The van der Waals surface area contributed by atoms with Gasteiger partial charge in [-0.1, -0.05) is 247 Å². The van der Waals surface area contributed by atoms with Gasteiger partial charge in [0.15, 0.2) is 0 Å². The Balaban J connectivity index is 4.09. The molecule has 0 aromatic carbocycles. The van der Waals surface area contributed by atoms with Crippen LogP contribution in [0.25, 0.3) is 0 Å². The fourth-order valence-electron chi connectivity index (χ4n) is 8.24. The van der Waals surface area contributed by atoms with Crippen LogP contribution in [0.1, 0.15) is 251 Å². The van der Waals surface area contributed by atoms with Crippen LogP contribution in [0.4, 0.5) is 0 Å². The highest BCUT2D eigenvalue weighted by Gasteiger charge is 2.27. The van der Waals surface area contributed by atoms with Crippen molar-refractivity contribution in [1.29, 1.82) is 0 Å². The Morgan fingerprint density at radius 1 is 0.493 bits per heavy atom. The highest BCUT2D eigenvalue weighted by molar-refractivity contribution is 7.47. The molecular weight excluding hydrogens is 900 g/mol. The number of carbonyl (C=O) groups excluding carboxylic acids is 1. The molecule has 3 unspecified atom stereocenters. The third kappa shape index (κ3) is 55.3. The number of quaternary nitrogens is 1. The van der Waals surface area contributed by atoms with E-state index in [1.807, 2.05) is 27.2 Å². The molecule has 0 rings (SSSR count). The number of phosphoric ester groups is 1. The minimum absolute atomic E-state index is 0.0519. The lowest BCUT2D eigenvalue weighted by Crippen LogP contribution is -2.45. The number of rotatable bonds is 53. The number of unbranched alkanes of at least 4 members (excludes halogenated alkanes) is 28. The third-order valence-corrected chi connectivity index (χ3v) is 13.8. The van der Waals surface area contributed by atoms with Crippen LogP contribution in [0, 0.1) is 0 Å². The van der Waals surface area contributed by atoms with Crippen molar-refractivity contribution in [2.75, 3.05) is 40.9 Å². The van der Waals surface area contributed by atoms with Crippen molar-refractivity contribution in [3.63, 3.8) is 0 Å². The molecule has 0 fully saturated rings. The summed E-state index contributed by atoms with van der Waals surface area (Å²) >= 11 is 0. The third-order valence-electron chi connectivity index (χ3n) is 12.8. The first kappa shape index (κ1) is 68.7. The summed E-state index contributed by atoms with van der Waals surface area (Å²) < 4.78 is 23.7. The first-order valence-corrected chi connectivity index (χ1v) is 31.0. The maximum absolute atomic E-state index is 13.0. The van der Waals surface area contributed by atoms with E-state index in [2.05, 4.69) is 92.1 Å². The second-order valence-electron chi connectivity index (χ2n) is 21.0. The molecule has 0 aromatic heterocycles. The molecule has 9 heteroatoms. The van der Waals surface area contributed by atoms with Crippen molar-refractivity contribution in [1.82, 2.24) is 5.32 Å². The molecule has 0 aromatic rings. The van der Waals surface area contributed by atoms with Gasteiger partial charge < -0.3 is 19.8 Å². The van der Waals surface area contributed by atoms with E-state index in [4.69, 9.17) is 9.05 Å². The summed E-state index contributed by atoms with van der Waals surface area (Å²) in [6.45, 7) is 4.67. The van der Waals surface area contributed by atoms with Gasteiger partial charge in [0, 0.05) is 6.42 Å². The van der Waals surface area contributed by atoms with Gasteiger partial charge in [-0.05, 0) is 83.5 Å². The Hall–Kier alpha value is -2.32. The predicted octanol–water partition coefficient (Wildman–Crippen LogP) is 18.0. The van der Waals surface area contributed by atoms with E-state index in [0.717, 1.165) is 70.6 Å². The number of nitrogens with zero attached hydrogens (tertiary/aromatic N) is 1. The smallest absolute Gasteiger partial charge is 0.387 e. The fraction of sp³-hybridized carbons (Fsp3) is 0.758. The normalized spacial score (nSPS) is 14.5. The Morgan fingerprint density at radius 2 is 0.859 bits per heavy atom. The topological polar surface area (TPSA) is 105 Å². The summed E-state index contributed by atoms with van der Waals surface area (Å²) in [5.74, 6) is -0.191. The number of nitrogens with one attached hydrogen (secondary N) is 1. The number of allylic oxidation sites excluding steroid dienone is 13. The Kier molecular flexibility index (Phi) is 50.8. The zero-order valence-electron chi connectivity index (χ0n) is 46.9. The van der Waals surface area contributed by atoms with Gasteiger partial charge in [-0.2, -0.15) is 0 Å². The van der Waals surface area contributed by atoms with Gasteiger partial charge in [-0.3, -0.25) is 13.8 Å². The van der Waals surface area contributed by atoms with E-state index in [0.29, 0.717) is 17.4 Å². The Labute approximate surface area is 439 Å². The van der Waals surface area contributed by atoms with Gasteiger partial charge in [0.1, 0.15) is 13.2 Å². The van der Waals surface area contributed by atoms with Gasteiger partial charge in [-0.25, -0.2) is 4.57 Å². The van der Waals surface area contributed by atoms with Crippen LogP contribution in [0.2, 0.25) is 0 Å². The molecule has 0 radical (unpaired) electrons. The van der Waals surface area contributed by atoms with Crippen LogP contribution < -0.4 is 5.32 Å². The number of likely N-dealkylation sites (N-methyl/N-ethyl adjacent to an activating group) is 1. The summed E-state index contributed by atoms with van der Waals surface area (Å²) in [5, 5.41) is 13.9. The molecule has 0 saturated carbocycles. The van der Waals surface area contributed by atoms with E-state index >= 15 is 0 Å². The lowest BCUT2D eigenvalue weighted by atomic mass is 10.0. The number of carbonyl (C=O) groups is 1. The molecule has 0 bridgehead atoms. The number of hydrogen-bond donors (Lipinski definition) is 3. The van der Waals surface area contributed by atoms with Gasteiger partial charge in [0.05, 0.1) is 39.9 Å². The lowest BCUT2D eigenvalue weighted by Gasteiger charge is -2.25.